The van der Waals surface area contributed by atoms with Gasteiger partial charge in [-0.3, -0.25) is 4.79 Å². The zero-order valence-electron chi connectivity index (χ0n) is 9.51. The topological polar surface area (TPSA) is 101 Å². The van der Waals surface area contributed by atoms with Gasteiger partial charge in [0.05, 0.1) is 29.2 Å². The molecule has 0 atom stereocenters. The highest BCUT2D eigenvalue weighted by Crippen LogP contribution is 2.32. The van der Waals surface area contributed by atoms with Crippen molar-refractivity contribution in [1.82, 2.24) is 0 Å². The number of nitrogens with two attached hydrogens (primary N) is 2. The Morgan fingerprint density at radius 3 is 2.56 bits per heavy atom. The molecule has 6 N–H and O–H groups in total. The number of carboxylic acids is 1. The Morgan fingerprint density at radius 1 is 1.28 bits per heavy atom. The summed E-state index contributed by atoms with van der Waals surface area (Å²) in [6.07, 6.45) is -0.0293. The van der Waals surface area contributed by atoms with E-state index in [9.17, 15) is 4.79 Å². The molecule has 0 amide bonds. The Kier molecular flexibility index (Phi) is 3.38. The lowest BCUT2D eigenvalue weighted by atomic mass is 10.2. The SMILES string of the molecule is Nc1cccc(N)c1Nc1cscc1CC(=O)O. The molecule has 5 nitrogen and oxygen atoms in total. The molecule has 0 unspecified atom stereocenters. The van der Waals surface area contributed by atoms with Gasteiger partial charge in [0.15, 0.2) is 0 Å². The number of carboxylic acid groups (broad SMARTS) is 1. The molecular weight excluding hydrogens is 250 g/mol. The predicted molar refractivity (Wildman–Crippen MR) is 74.2 cm³/mol. The van der Waals surface area contributed by atoms with E-state index in [2.05, 4.69) is 5.32 Å². The fourth-order valence-corrected chi connectivity index (χ4v) is 2.39. The van der Waals surface area contributed by atoms with Crippen LogP contribution in [0.1, 0.15) is 5.56 Å². The maximum Gasteiger partial charge on any atom is 0.307 e. The Morgan fingerprint density at radius 2 is 1.94 bits per heavy atom. The Labute approximate surface area is 108 Å². The van der Waals surface area contributed by atoms with E-state index in [-0.39, 0.29) is 6.42 Å². The van der Waals surface area contributed by atoms with Gasteiger partial charge in [-0.25, -0.2) is 0 Å². The van der Waals surface area contributed by atoms with Crippen molar-refractivity contribution in [3.8, 4) is 0 Å². The summed E-state index contributed by atoms with van der Waals surface area (Å²) in [5.74, 6) is -0.870. The molecule has 0 saturated heterocycles. The smallest absolute Gasteiger partial charge is 0.307 e. The first-order chi connectivity index (χ1) is 8.58. The predicted octanol–water partition coefficient (Wildman–Crippen LogP) is 2.28. The summed E-state index contributed by atoms with van der Waals surface area (Å²) >= 11 is 1.43. The van der Waals surface area contributed by atoms with E-state index in [1.165, 1.54) is 11.3 Å². The molecule has 0 aliphatic carbocycles. The average molecular weight is 263 g/mol. The van der Waals surface area contributed by atoms with Crippen molar-refractivity contribution in [1.29, 1.82) is 0 Å². The van der Waals surface area contributed by atoms with Gasteiger partial charge in [-0.1, -0.05) is 6.07 Å². The average Bonchev–Trinajstić information content (AvgIpc) is 2.70. The number of para-hydroxylation sites is 1. The van der Waals surface area contributed by atoms with Gasteiger partial charge >= 0.3 is 5.97 Å². The first-order valence-corrected chi connectivity index (χ1v) is 6.20. The van der Waals surface area contributed by atoms with Crippen molar-refractivity contribution in [2.75, 3.05) is 16.8 Å². The number of carbonyl (C=O) groups is 1. The minimum atomic E-state index is -0.870. The van der Waals surface area contributed by atoms with Crippen molar-refractivity contribution in [3.63, 3.8) is 0 Å². The molecule has 0 bridgehead atoms. The quantitative estimate of drug-likeness (QED) is 0.634. The summed E-state index contributed by atoms with van der Waals surface area (Å²) in [7, 11) is 0. The molecule has 2 aromatic rings. The van der Waals surface area contributed by atoms with Gasteiger partial charge in [-0.2, -0.15) is 0 Å². The molecule has 6 heteroatoms. The number of rotatable bonds is 4. The minimum Gasteiger partial charge on any atom is -0.481 e. The van der Waals surface area contributed by atoms with Crippen LogP contribution in [0.5, 0.6) is 0 Å². The van der Waals surface area contributed by atoms with Crippen LogP contribution in [0.15, 0.2) is 29.0 Å². The maximum atomic E-state index is 10.7. The van der Waals surface area contributed by atoms with Crippen molar-refractivity contribution in [2.24, 2.45) is 0 Å². The molecular formula is C12H13N3O2S. The molecule has 1 aromatic heterocycles. The molecule has 18 heavy (non-hydrogen) atoms. The third-order valence-electron chi connectivity index (χ3n) is 2.47. The normalized spacial score (nSPS) is 10.2. The van der Waals surface area contributed by atoms with E-state index < -0.39 is 5.97 Å². The maximum absolute atomic E-state index is 10.7. The van der Waals surface area contributed by atoms with Crippen LogP contribution in [-0.4, -0.2) is 11.1 Å². The summed E-state index contributed by atoms with van der Waals surface area (Å²) < 4.78 is 0. The fourth-order valence-electron chi connectivity index (χ4n) is 1.60. The molecule has 94 valence electrons. The van der Waals surface area contributed by atoms with Gasteiger partial charge in [0.25, 0.3) is 0 Å². The molecule has 0 radical (unpaired) electrons. The van der Waals surface area contributed by atoms with Gasteiger partial charge in [0, 0.05) is 5.38 Å². The van der Waals surface area contributed by atoms with E-state index in [4.69, 9.17) is 16.6 Å². The summed E-state index contributed by atoms with van der Waals surface area (Å²) in [4.78, 5) is 10.7. The number of hydrogen-bond donors (Lipinski definition) is 4. The Bertz CT molecular complexity index is 560. The third kappa shape index (κ3) is 2.54. The molecule has 0 saturated carbocycles. The van der Waals surface area contributed by atoms with Gasteiger partial charge in [-0.15, -0.1) is 11.3 Å². The van der Waals surface area contributed by atoms with Crippen LogP contribution in [-0.2, 0) is 11.2 Å². The lowest BCUT2D eigenvalue weighted by Gasteiger charge is -2.12. The molecule has 1 heterocycles. The standard InChI is InChI=1S/C12H13N3O2S/c13-8-2-1-3-9(14)12(8)15-10-6-18-5-7(10)4-11(16)17/h1-3,5-6,15H,4,13-14H2,(H,16,17). The van der Waals surface area contributed by atoms with Crippen molar-refractivity contribution >= 4 is 40.1 Å². The summed E-state index contributed by atoms with van der Waals surface area (Å²) in [5.41, 5.74) is 14.8. The lowest BCUT2D eigenvalue weighted by molar-refractivity contribution is -0.136. The summed E-state index contributed by atoms with van der Waals surface area (Å²) in [5, 5.41) is 15.5. The van der Waals surface area contributed by atoms with Crippen LogP contribution in [0.25, 0.3) is 0 Å². The van der Waals surface area contributed by atoms with Gasteiger partial charge < -0.3 is 21.9 Å². The number of anilines is 4. The van der Waals surface area contributed by atoms with E-state index in [1.807, 2.05) is 5.38 Å². The number of nitrogen functional groups attached to an aromatic ring is 2. The van der Waals surface area contributed by atoms with Crippen molar-refractivity contribution < 1.29 is 9.90 Å². The number of hydrogen-bond acceptors (Lipinski definition) is 5. The highest BCUT2D eigenvalue weighted by atomic mass is 32.1. The zero-order chi connectivity index (χ0) is 13.1. The Hall–Kier alpha value is -2.21. The van der Waals surface area contributed by atoms with Gasteiger partial charge in [0.1, 0.15) is 0 Å². The number of nitrogens with one attached hydrogen (secondary N) is 1. The van der Waals surface area contributed by atoms with E-state index in [0.717, 1.165) is 11.3 Å². The van der Waals surface area contributed by atoms with Crippen LogP contribution < -0.4 is 16.8 Å². The summed E-state index contributed by atoms with van der Waals surface area (Å²) in [6, 6.07) is 5.24. The highest BCUT2D eigenvalue weighted by molar-refractivity contribution is 7.08. The molecule has 0 spiro atoms. The summed E-state index contributed by atoms with van der Waals surface area (Å²) in [6.45, 7) is 0. The third-order valence-corrected chi connectivity index (χ3v) is 3.26. The molecule has 2 rings (SSSR count). The molecule has 1 aromatic carbocycles. The highest BCUT2D eigenvalue weighted by Gasteiger charge is 2.10. The minimum absolute atomic E-state index is 0.0293. The first kappa shape index (κ1) is 12.3. The van der Waals surface area contributed by atoms with Gasteiger partial charge in [0.2, 0.25) is 0 Å². The zero-order valence-corrected chi connectivity index (χ0v) is 10.3. The monoisotopic (exact) mass is 263 g/mol. The largest absolute Gasteiger partial charge is 0.481 e. The van der Waals surface area contributed by atoms with Crippen LogP contribution in [0.3, 0.4) is 0 Å². The Balaban J connectivity index is 2.29. The van der Waals surface area contributed by atoms with Crippen LogP contribution >= 0.6 is 11.3 Å². The van der Waals surface area contributed by atoms with E-state index in [1.54, 1.807) is 23.6 Å². The van der Waals surface area contributed by atoms with Crippen molar-refractivity contribution in [2.45, 2.75) is 6.42 Å². The van der Waals surface area contributed by atoms with Crippen LogP contribution in [0, 0.1) is 0 Å². The van der Waals surface area contributed by atoms with Crippen molar-refractivity contribution in [3.05, 3.63) is 34.5 Å². The van der Waals surface area contributed by atoms with E-state index >= 15 is 0 Å². The number of thiophene rings is 1. The molecule has 0 fully saturated rings. The fraction of sp³-hybridized carbons (Fsp3) is 0.0833. The molecule has 0 aliphatic heterocycles. The first-order valence-electron chi connectivity index (χ1n) is 5.25. The second kappa shape index (κ2) is 4.97. The lowest BCUT2D eigenvalue weighted by Crippen LogP contribution is -2.04. The van der Waals surface area contributed by atoms with Crippen LogP contribution in [0.2, 0.25) is 0 Å². The van der Waals surface area contributed by atoms with E-state index in [0.29, 0.717) is 17.1 Å². The van der Waals surface area contributed by atoms with Crippen LogP contribution in [0.4, 0.5) is 22.7 Å². The number of benzene rings is 1. The number of aliphatic carboxylic acids is 1. The second-order valence-corrected chi connectivity index (χ2v) is 4.56. The van der Waals surface area contributed by atoms with Gasteiger partial charge in [-0.05, 0) is 23.1 Å². The molecule has 0 aliphatic rings. The second-order valence-electron chi connectivity index (χ2n) is 3.82.